The largest absolute Gasteiger partial charge is 0.433 e. The third kappa shape index (κ3) is 3.13. The second kappa shape index (κ2) is 6.57. The minimum absolute atomic E-state index is 0.112. The molecular weight excluding hydrogens is 376 g/mol. The average Bonchev–Trinajstić information content (AvgIpc) is 3.30. The van der Waals surface area contributed by atoms with Crippen LogP contribution in [0, 0.1) is 11.8 Å². The summed E-state index contributed by atoms with van der Waals surface area (Å²) >= 11 is 0. The number of halogens is 4. The Labute approximate surface area is 160 Å². The van der Waals surface area contributed by atoms with E-state index < -0.39 is 35.5 Å². The van der Waals surface area contributed by atoms with Crippen molar-refractivity contribution in [2.24, 2.45) is 17.6 Å². The Morgan fingerprint density at radius 2 is 2.04 bits per heavy atom. The Morgan fingerprint density at radius 3 is 2.71 bits per heavy atom. The lowest BCUT2D eigenvalue weighted by molar-refractivity contribution is -0.141. The number of amides is 1. The van der Waals surface area contributed by atoms with Gasteiger partial charge in [0.25, 0.3) is 0 Å². The van der Waals surface area contributed by atoms with Gasteiger partial charge >= 0.3 is 6.18 Å². The number of carbonyl (C=O) groups excluding carboxylic acids is 1. The summed E-state index contributed by atoms with van der Waals surface area (Å²) in [5.41, 5.74) is 4.21. The molecule has 1 saturated carbocycles. The molecule has 154 valence electrons. The molecule has 3 heterocycles. The number of nitrogens with zero attached hydrogens (tertiary/aromatic N) is 3. The van der Waals surface area contributed by atoms with Crippen LogP contribution in [0.2, 0.25) is 0 Å². The fraction of sp³-hybridized carbons (Fsp3) is 0.684. The Hall–Kier alpha value is -1.90. The molecule has 1 aliphatic carbocycles. The second-order valence-corrected chi connectivity index (χ2v) is 8.45. The quantitative estimate of drug-likeness (QED) is 0.793. The average molecular weight is 400 g/mol. The van der Waals surface area contributed by atoms with Crippen molar-refractivity contribution in [3.8, 4) is 0 Å². The molecule has 0 bridgehead atoms. The van der Waals surface area contributed by atoms with Crippen LogP contribution in [0.4, 0.5) is 23.4 Å². The van der Waals surface area contributed by atoms with E-state index in [1.165, 1.54) is 6.07 Å². The van der Waals surface area contributed by atoms with Gasteiger partial charge in [0.2, 0.25) is 5.91 Å². The van der Waals surface area contributed by atoms with Gasteiger partial charge in [0.05, 0.1) is 6.04 Å². The number of carbonyl (C=O) groups is 1. The molecule has 1 aromatic rings. The number of primary amides is 1. The summed E-state index contributed by atoms with van der Waals surface area (Å²) in [5, 5.41) is 0. The molecule has 2 N–H and O–H groups in total. The number of hydrogen-bond donors (Lipinski definition) is 1. The molecule has 5 atom stereocenters. The predicted octanol–water partition coefficient (Wildman–Crippen LogP) is 2.60. The van der Waals surface area contributed by atoms with Gasteiger partial charge in [-0.15, -0.1) is 0 Å². The SMILES string of the molecule is CC1(N2C[C@H](F)C[C@H]2C(N)=O)CC[C@@H]2CN(c3cccc(C(F)(F)F)n3)C[C@@H]21. The Balaban J connectivity index is 1.57. The predicted molar refractivity (Wildman–Crippen MR) is 95.3 cm³/mol. The first-order valence-electron chi connectivity index (χ1n) is 9.59. The zero-order valence-corrected chi connectivity index (χ0v) is 15.6. The van der Waals surface area contributed by atoms with E-state index in [0.717, 1.165) is 18.9 Å². The first kappa shape index (κ1) is 19.4. The minimum atomic E-state index is -4.49. The van der Waals surface area contributed by atoms with E-state index in [0.29, 0.717) is 18.9 Å². The first-order valence-corrected chi connectivity index (χ1v) is 9.59. The zero-order valence-electron chi connectivity index (χ0n) is 15.6. The number of anilines is 1. The second-order valence-electron chi connectivity index (χ2n) is 8.45. The minimum Gasteiger partial charge on any atom is -0.368 e. The maximum absolute atomic E-state index is 14.1. The topological polar surface area (TPSA) is 62.5 Å². The highest BCUT2D eigenvalue weighted by atomic mass is 19.4. The van der Waals surface area contributed by atoms with Crippen molar-refractivity contribution in [2.45, 2.75) is 50.1 Å². The van der Waals surface area contributed by atoms with Crippen molar-refractivity contribution < 1.29 is 22.4 Å². The van der Waals surface area contributed by atoms with Gasteiger partial charge in [-0.1, -0.05) is 6.07 Å². The molecule has 3 fully saturated rings. The molecule has 0 spiro atoms. The smallest absolute Gasteiger partial charge is 0.368 e. The molecule has 1 aromatic heterocycles. The van der Waals surface area contributed by atoms with Gasteiger partial charge in [0, 0.05) is 31.6 Å². The van der Waals surface area contributed by atoms with E-state index in [1.807, 2.05) is 16.7 Å². The molecule has 28 heavy (non-hydrogen) atoms. The molecule has 0 aromatic carbocycles. The van der Waals surface area contributed by atoms with E-state index in [-0.39, 0.29) is 24.8 Å². The molecule has 3 aliphatic rings. The summed E-state index contributed by atoms with van der Waals surface area (Å²) < 4.78 is 53.1. The summed E-state index contributed by atoms with van der Waals surface area (Å²) in [6, 6.07) is 3.30. The number of rotatable bonds is 3. The van der Waals surface area contributed by atoms with Crippen LogP contribution >= 0.6 is 0 Å². The van der Waals surface area contributed by atoms with E-state index in [2.05, 4.69) is 4.98 Å². The number of pyridine rings is 1. The highest BCUT2D eigenvalue weighted by molar-refractivity contribution is 5.80. The van der Waals surface area contributed by atoms with Gasteiger partial charge in [-0.25, -0.2) is 9.37 Å². The number of aromatic nitrogens is 1. The van der Waals surface area contributed by atoms with Crippen LogP contribution in [0.1, 0.15) is 31.9 Å². The Morgan fingerprint density at radius 1 is 1.29 bits per heavy atom. The monoisotopic (exact) mass is 400 g/mol. The number of hydrogen-bond acceptors (Lipinski definition) is 4. The molecule has 0 radical (unpaired) electrons. The summed E-state index contributed by atoms with van der Waals surface area (Å²) in [6.45, 7) is 3.36. The normalized spacial score (nSPS) is 36.1. The third-order valence-electron chi connectivity index (χ3n) is 6.84. The Bertz CT molecular complexity index is 773. The molecule has 2 aliphatic heterocycles. The number of likely N-dealkylation sites (tertiary alicyclic amines) is 1. The number of alkyl halides is 4. The lowest BCUT2D eigenvalue weighted by Gasteiger charge is -2.43. The highest BCUT2D eigenvalue weighted by Crippen LogP contribution is 2.50. The zero-order chi connectivity index (χ0) is 20.3. The van der Waals surface area contributed by atoms with Crippen molar-refractivity contribution in [1.82, 2.24) is 9.88 Å². The van der Waals surface area contributed by atoms with Gasteiger partial charge in [-0.05, 0) is 43.7 Å². The maximum atomic E-state index is 14.1. The summed E-state index contributed by atoms with van der Waals surface area (Å²) in [4.78, 5) is 19.4. The van der Waals surface area contributed by atoms with E-state index in [9.17, 15) is 22.4 Å². The van der Waals surface area contributed by atoms with Crippen LogP contribution in [0.25, 0.3) is 0 Å². The lowest BCUT2D eigenvalue weighted by Crippen LogP contribution is -2.56. The van der Waals surface area contributed by atoms with Gasteiger partial charge in [-0.3, -0.25) is 9.69 Å². The Kier molecular flexibility index (Phi) is 4.56. The van der Waals surface area contributed by atoms with Gasteiger partial charge in [0.1, 0.15) is 17.7 Å². The number of fused-ring (bicyclic) bond motifs is 1. The van der Waals surface area contributed by atoms with Crippen molar-refractivity contribution >= 4 is 11.7 Å². The van der Waals surface area contributed by atoms with Crippen molar-refractivity contribution in [3.63, 3.8) is 0 Å². The molecular formula is C19H24F4N4O. The van der Waals surface area contributed by atoms with Gasteiger partial charge in [-0.2, -0.15) is 13.2 Å². The molecule has 1 unspecified atom stereocenters. The fourth-order valence-electron chi connectivity index (χ4n) is 5.45. The van der Waals surface area contributed by atoms with E-state index in [4.69, 9.17) is 5.73 Å². The summed E-state index contributed by atoms with van der Waals surface area (Å²) in [5.74, 6) is 0.187. The summed E-state index contributed by atoms with van der Waals surface area (Å²) in [6.07, 6.45) is -3.75. The molecule has 2 saturated heterocycles. The van der Waals surface area contributed by atoms with Crippen LogP contribution in [0.15, 0.2) is 18.2 Å². The van der Waals surface area contributed by atoms with Gasteiger partial charge < -0.3 is 10.6 Å². The van der Waals surface area contributed by atoms with Crippen LogP contribution in [0.5, 0.6) is 0 Å². The van der Waals surface area contributed by atoms with Crippen molar-refractivity contribution in [3.05, 3.63) is 23.9 Å². The third-order valence-corrected chi connectivity index (χ3v) is 6.84. The lowest BCUT2D eigenvalue weighted by atomic mass is 9.84. The van der Waals surface area contributed by atoms with Crippen LogP contribution in [-0.2, 0) is 11.0 Å². The van der Waals surface area contributed by atoms with Crippen molar-refractivity contribution in [1.29, 1.82) is 0 Å². The highest BCUT2D eigenvalue weighted by Gasteiger charge is 2.56. The van der Waals surface area contributed by atoms with Crippen LogP contribution in [0.3, 0.4) is 0 Å². The maximum Gasteiger partial charge on any atom is 0.433 e. The molecule has 9 heteroatoms. The standard InChI is InChI=1S/C19H24F4N4O/c1-18(27-9-12(20)7-14(27)17(24)28)6-5-11-8-26(10-13(11)18)16-4-2-3-15(25-16)19(21,22)23/h2-4,11-14H,5-10H2,1H3,(H2,24,28)/t11-,12-,13+,14+,18?/m1/s1. The molecule has 1 amide bonds. The van der Waals surface area contributed by atoms with E-state index >= 15 is 0 Å². The molecule has 4 rings (SSSR count). The summed E-state index contributed by atoms with van der Waals surface area (Å²) in [7, 11) is 0. The van der Waals surface area contributed by atoms with Crippen LogP contribution in [-0.4, -0.2) is 53.2 Å². The van der Waals surface area contributed by atoms with Gasteiger partial charge in [0.15, 0.2) is 0 Å². The first-order chi connectivity index (χ1) is 13.1. The van der Waals surface area contributed by atoms with Crippen molar-refractivity contribution in [2.75, 3.05) is 24.5 Å². The number of nitrogens with two attached hydrogens (primary N) is 1. The molecule has 5 nitrogen and oxygen atoms in total. The van der Waals surface area contributed by atoms with Crippen LogP contribution < -0.4 is 10.6 Å². The van der Waals surface area contributed by atoms with E-state index in [1.54, 1.807) is 6.07 Å². The fourth-order valence-corrected chi connectivity index (χ4v) is 5.45.